The number of hydrazone groups is 1. The molecule has 0 saturated carbocycles. The summed E-state index contributed by atoms with van der Waals surface area (Å²) in [7, 11) is 0. The topological polar surface area (TPSA) is 123 Å². The van der Waals surface area contributed by atoms with E-state index in [1.165, 1.54) is 22.9 Å². The Labute approximate surface area is 220 Å². The second kappa shape index (κ2) is 9.30. The van der Waals surface area contributed by atoms with E-state index in [-0.39, 0.29) is 23.1 Å². The largest absolute Gasteiger partial charge is 0.358 e. The molecule has 2 heterocycles. The summed E-state index contributed by atoms with van der Waals surface area (Å²) in [6, 6.07) is 13.0. The second-order valence-electron chi connectivity index (χ2n) is 8.40. The summed E-state index contributed by atoms with van der Waals surface area (Å²) in [5, 5.41) is 17.3. The molecule has 1 aliphatic rings. The van der Waals surface area contributed by atoms with E-state index in [9.17, 15) is 19.7 Å². The minimum absolute atomic E-state index is 0.129. The van der Waals surface area contributed by atoms with Crippen molar-refractivity contribution in [3.63, 3.8) is 0 Å². The van der Waals surface area contributed by atoms with E-state index in [0.717, 1.165) is 4.90 Å². The summed E-state index contributed by atoms with van der Waals surface area (Å²) < 4.78 is 1.45. The third-order valence-corrected chi connectivity index (χ3v) is 6.57. The number of carbonyl (C=O) groups excluding carboxylic acids is 2. The molecule has 0 bridgehead atoms. The first kappa shape index (κ1) is 24.4. The van der Waals surface area contributed by atoms with Crippen molar-refractivity contribution < 1.29 is 14.5 Å². The van der Waals surface area contributed by atoms with Gasteiger partial charge in [-0.1, -0.05) is 35.3 Å². The van der Waals surface area contributed by atoms with Gasteiger partial charge in [-0.2, -0.15) is 5.10 Å². The third-order valence-electron chi connectivity index (χ3n) is 6.03. The molecule has 3 aromatic carbocycles. The van der Waals surface area contributed by atoms with E-state index in [0.29, 0.717) is 44.1 Å². The molecule has 186 valence electrons. The summed E-state index contributed by atoms with van der Waals surface area (Å²) >= 11 is 12.3. The highest BCUT2D eigenvalue weighted by Gasteiger charge is 2.35. The number of aryl methyl sites for hydroxylation is 1. The number of rotatable bonds is 6. The van der Waals surface area contributed by atoms with E-state index >= 15 is 0 Å². The number of nitrogens with one attached hydrogen (secondary N) is 1. The number of benzene rings is 3. The maximum atomic E-state index is 13.4. The first-order valence-corrected chi connectivity index (χ1v) is 11.8. The molecule has 0 saturated heterocycles. The van der Waals surface area contributed by atoms with Crippen LogP contribution in [0, 0.1) is 17.0 Å². The summed E-state index contributed by atoms with van der Waals surface area (Å²) in [5.41, 5.74) is 5.02. The standard InChI is InChI=1S/C25H18Cl2N6O4/c1-13(12-31-14(2)28-11-22(31)33(36)37)29-30-20-8-7-18-23-16(20)4-3-5-17(23)24(34)32(25(18)35)21-9-6-15(26)10-19(21)27/h3-11,30H,12H2,1-2H3/b29-13+. The number of nitrogens with zero attached hydrogens (tertiary/aromatic N) is 5. The lowest BCUT2D eigenvalue weighted by molar-refractivity contribution is -0.392. The number of aromatic nitrogens is 2. The summed E-state index contributed by atoms with van der Waals surface area (Å²) in [4.78, 5) is 42.7. The van der Waals surface area contributed by atoms with E-state index in [2.05, 4.69) is 15.5 Å². The number of anilines is 2. The molecule has 10 nitrogen and oxygen atoms in total. The fourth-order valence-electron chi connectivity index (χ4n) is 4.29. The van der Waals surface area contributed by atoms with Crippen LogP contribution in [0.15, 0.2) is 59.8 Å². The van der Waals surface area contributed by atoms with Gasteiger partial charge in [0.15, 0.2) is 5.82 Å². The van der Waals surface area contributed by atoms with E-state index in [4.69, 9.17) is 23.2 Å². The van der Waals surface area contributed by atoms with Crippen LogP contribution < -0.4 is 10.3 Å². The van der Waals surface area contributed by atoms with Crippen molar-refractivity contribution in [2.75, 3.05) is 10.3 Å². The van der Waals surface area contributed by atoms with Gasteiger partial charge in [-0.3, -0.25) is 15.0 Å². The van der Waals surface area contributed by atoms with Crippen LogP contribution in [-0.2, 0) is 6.54 Å². The van der Waals surface area contributed by atoms with E-state index in [1.54, 1.807) is 50.2 Å². The number of hydrogen-bond donors (Lipinski definition) is 1. The fourth-order valence-corrected chi connectivity index (χ4v) is 4.79. The quantitative estimate of drug-likeness (QED) is 0.143. The third kappa shape index (κ3) is 4.20. The van der Waals surface area contributed by atoms with Crippen molar-refractivity contribution in [3.8, 4) is 0 Å². The van der Waals surface area contributed by atoms with Gasteiger partial charge in [0.2, 0.25) is 0 Å². The molecule has 0 fully saturated rings. The predicted octanol–water partition coefficient (Wildman–Crippen LogP) is 5.85. The Morgan fingerprint density at radius 2 is 1.84 bits per heavy atom. The van der Waals surface area contributed by atoms with Crippen LogP contribution in [0.1, 0.15) is 33.5 Å². The number of amides is 2. The number of imidazole rings is 1. The number of nitro groups is 1. The zero-order valence-electron chi connectivity index (χ0n) is 19.5. The molecule has 1 aliphatic heterocycles. The monoisotopic (exact) mass is 536 g/mol. The molecule has 0 atom stereocenters. The van der Waals surface area contributed by atoms with Gasteiger partial charge in [0.1, 0.15) is 12.7 Å². The van der Waals surface area contributed by atoms with Gasteiger partial charge in [-0.15, -0.1) is 0 Å². The zero-order chi connectivity index (χ0) is 26.4. The van der Waals surface area contributed by atoms with Gasteiger partial charge in [0.25, 0.3) is 11.8 Å². The Balaban J connectivity index is 1.50. The Kier molecular flexibility index (Phi) is 6.14. The van der Waals surface area contributed by atoms with E-state index < -0.39 is 16.7 Å². The van der Waals surface area contributed by atoms with E-state index in [1.807, 2.05) is 0 Å². The molecule has 5 rings (SSSR count). The average Bonchev–Trinajstić information content (AvgIpc) is 3.22. The average molecular weight is 537 g/mol. The van der Waals surface area contributed by atoms with Crippen molar-refractivity contribution in [1.29, 1.82) is 0 Å². The first-order chi connectivity index (χ1) is 17.7. The zero-order valence-corrected chi connectivity index (χ0v) is 21.0. The molecule has 37 heavy (non-hydrogen) atoms. The minimum Gasteiger partial charge on any atom is -0.358 e. The highest BCUT2D eigenvalue weighted by atomic mass is 35.5. The minimum atomic E-state index is -0.507. The van der Waals surface area contributed by atoms with Crippen molar-refractivity contribution in [1.82, 2.24) is 9.55 Å². The Hall–Kier alpha value is -4.28. The van der Waals surface area contributed by atoms with Gasteiger partial charge in [-0.05, 0) is 48.2 Å². The molecule has 0 radical (unpaired) electrons. The first-order valence-electron chi connectivity index (χ1n) is 11.0. The Bertz CT molecular complexity index is 1640. The summed E-state index contributed by atoms with van der Waals surface area (Å²) in [5.74, 6) is -0.652. The highest BCUT2D eigenvalue weighted by Crippen LogP contribution is 2.38. The highest BCUT2D eigenvalue weighted by molar-refractivity contribution is 6.41. The van der Waals surface area contributed by atoms with Gasteiger partial charge >= 0.3 is 5.82 Å². The maximum Gasteiger partial charge on any atom is 0.343 e. The molecule has 0 aliphatic carbocycles. The SMILES string of the molecule is C/C(Cn1c([N+](=O)[O-])cnc1C)=N\Nc1ccc2c3c(cccc13)C(=O)N(c1ccc(Cl)cc1Cl)C2=O. The van der Waals surface area contributed by atoms with Crippen LogP contribution in [0.2, 0.25) is 10.0 Å². The van der Waals surface area contributed by atoms with Gasteiger partial charge in [0.05, 0.1) is 22.1 Å². The van der Waals surface area contributed by atoms with Crippen molar-refractivity contribution in [2.45, 2.75) is 20.4 Å². The van der Waals surface area contributed by atoms with Crippen LogP contribution in [-0.4, -0.2) is 32.0 Å². The number of halogens is 2. The molecule has 0 unspecified atom stereocenters. The van der Waals surface area contributed by atoms with Gasteiger partial charge in [-0.25, -0.2) is 14.5 Å². The number of carbonyl (C=O) groups is 2. The number of imide groups is 1. The van der Waals surface area contributed by atoms with Crippen LogP contribution in [0.5, 0.6) is 0 Å². The lowest BCUT2D eigenvalue weighted by atomic mass is 9.93. The lowest BCUT2D eigenvalue weighted by Crippen LogP contribution is -2.40. The van der Waals surface area contributed by atoms with Crippen molar-refractivity contribution in [3.05, 3.63) is 91.8 Å². The maximum absolute atomic E-state index is 13.4. The van der Waals surface area contributed by atoms with Gasteiger partial charge < -0.3 is 10.1 Å². The smallest absolute Gasteiger partial charge is 0.343 e. The Morgan fingerprint density at radius 1 is 1.11 bits per heavy atom. The van der Waals surface area contributed by atoms with Gasteiger partial charge in [0, 0.05) is 33.8 Å². The lowest BCUT2D eigenvalue weighted by Gasteiger charge is -2.28. The fraction of sp³-hybridized carbons (Fsp3) is 0.120. The molecule has 1 aromatic heterocycles. The van der Waals surface area contributed by atoms with Crippen LogP contribution in [0.3, 0.4) is 0 Å². The molecule has 0 spiro atoms. The molecule has 12 heteroatoms. The summed E-state index contributed by atoms with van der Waals surface area (Å²) in [6.45, 7) is 3.56. The summed E-state index contributed by atoms with van der Waals surface area (Å²) in [6.07, 6.45) is 1.21. The van der Waals surface area contributed by atoms with Crippen molar-refractivity contribution in [2.24, 2.45) is 5.10 Å². The van der Waals surface area contributed by atoms with Crippen molar-refractivity contribution >= 4 is 68.7 Å². The van der Waals surface area contributed by atoms with Crippen LogP contribution in [0.4, 0.5) is 17.2 Å². The number of hydrogen-bond acceptors (Lipinski definition) is 7. The van der Waals surface area contributed by atoms with Crippen LogP contribution in [0.25, 0.3) is 10.8 Å². The Morgan fingerprint density at radius 3 is 2.54 bits per heavy atom. The normalized spacial score (nSPS) is 13.4. The molecule has 1 N–H and O–H groups in total. The molecule has 2 amide bonds. The molecule has 4 aromatic rings. The predicted molar refractivity (Wildman–Crippen MR) is 142 cm³/mol. The molecular formula is C25H18Cl2N6O4. The second-order valence-corrected chi connectivity index (χ2v) is 9.24. The molecular weight excluding hydrogens is 519 g/mol. The van der Waals surface area contributed by atoms with Crippen LogP contribution >= 0.6 is 23.2 Å².